The highest BCUT2D eigenvalue weighted by Gasteiger charge is 2.22. The van der Waals surface area contributed by atoms with Gasteiger partial charge in [0.1, 0.15) is 18.1 Å². The Bertz CT molecular complexity index is 862. The summed E-state index contributed by atoms with van der Waals surface area (Å²) >= 11 is 0. The Kier molecular flexibility index (Phi) is 8.98. The lowest BCUT2D eigenvalue weighted by molar-refractivity contribution is 0.261. The molecular formula is C23H35IN6O. The van der Waals surface area contributed by atoms with Gasteiger partial charge in [-0.05, 0) is 31.7 Å². The Morgan fingerprint density at radius 2 is 2.00 bits per heavy atom. The average Bonchev–Trinajstić information content (AvgIpc) is 3.40. The van der Waals surface area contributed by atoms with E-state index in [1.165, 1.54) is 44.1 Å². The van der Waals surface area contributed by atoms with E-state index in [9.17, 15) is 0 Å². The number of benzene rings is 1. The maximum Gasteiger partial charge on any atom is 0.192 e. The van der Waals surface area contributed by atoms with Gasteiger partial charge in [0.25, 0.3) is 0 Å². The van der Waals surface area contributed by atoms with Crippen LogP contribution in [-0.4, -0.2) is 33.9 Å². The molecule has 0 spiro atoms. The van der Waals surface area contributed by atoms with Crippen molar-refractivity contribution in [2.24, 2.45) is 18.0 Å². The van der Waals surface area contributed by atoms with Gasteiger partial charge < -0.3 is 19.9 Å². The lowest BCUT2D eigenvalue weighted by atomic mass is 10.0. The lowest BCUT2D eigenvalue weighted by Gasteiger charge is -2.28. The van der Waals surface area contributed by atoms with Crippen LogP contribution < -0.4 is 15.4 Å². The monoisotopic (exact) mass is 538 g/mol. The third-order valence-electron chi connectivity index (χ3n) is 6.39. The second-order valence-corrected chi connectivity index (χ2v) is 8.48. The zero-order valence-corrected chi connectivity index (χ0v) is 21.0. The molecule has 4 rings (SSSR count). The number of aromatic nitrogens is 3. The lowest BCUT2D eigenvalue weighted by Crippen LogP contribution is -2.41. The van der Waals surface area contributed by atoms with Crippen molar-refractivity contribution in [1.82, 2.24) is 25.4 Å². The highest BCUT2D eigenvalue weighted by atomic mass is 127. The largest absolute Gasteiger partial charge is 0.493 e. The van der Waals surface area contributed by atoms with Crippen molar-refractivity contribution < 1.29 is 4.74 Å². The molecule has 1 aliphatic heterocycles. The van der Waals surface area contributed by atoms with Crippen molar-refractivity contribution in [2.45, 2.75) is 64.5 Å². The summed E-state index contributed by atoms with van der Waals surface area (Å²) in [6.45, 7) is 4.11. The van der Waals surface area contributed by atoms with Crippen molar-refractivity contribution in [3.8, 4) is 5.75 Å². The second kappa shape index (κ2) is 11.7. The highest BCUT2D eigenvalue weighted by molar-refractivity contribution is 14.0. The zero-order valence-electron chi connectivity index (χ0n) is 18.6. The number of hydrogen-bond donors (Lipinski definition) is 2. The van der Waals surface area contributed by atoms with Crippen LogP contribution in [-0.2, 0) is 13.6 Å². The Labute approximate surface area is 202 Å². The molecule has 1 unspecified atom stereocenters. The first kappa shape index (κ1) is 23.8. The Morgan fingerprint density at radius 3 is 2.77 bits per heavy atom. The summed E-state index contributed by atoms with van der Waals surface area (Å²) in [5, 5.41) is 15.6. The van der Waals surface area contributed by atoms with E-state index in [1.807, 2.05) is 30.7 Å². The molecule has 1 fully saturated rings. The number of ether oxygens (including phenoxy) is 1. The van der Waals surface area contributed by atoms with Crippen LogP contribution in [0, 0.1) is 12.8 Å². The molecular weight excluding hydrogens is 503 g/mol. The van der Waals surface area contributed by atoms with E-state index in [-0.39, 0.29) is 30.0 Å². The third kappa shape index (κ3) is 6.33. The van der Waals surface area contributed by atoms with Crippen LogP contribution >= 0.6 is 24.0 Å². The fourth-order valence-corrected chi connectivity index (χ4v) is 4.44. The van der Waals surface area contributed by atoms with Crippen LogP contribution in [0.4, 0.5) is 0 Å². The maximum atomic E-state index is 5.82. The molecule has 2 aliphatic rings. The molecule has 2 heterocycles. The number of para-hydroxylation sites is 1. The fraction of sp³-hybridized carbons (Fsp3) is 0.609. The van der Waals surface area contributed by atoms with Crippen LogP contribution in [0.15, 0.2) is 29.3 Å². The summed E-state index contributed by atoms with van der Waals surface area (Å²) < 4.78 is 7.81. The van der Waals surface area contributed by atoms with Gasteiger partial charge in [0.2, 0.25) is 0 Å². The van der Waals surface area contributed by atoms with E-state index in [4.69, 9.17) is 9.73 Å². The molecule has 0 amide bonds. The average molecular weight is 538 g/mol. The van der Waals surface area contributed by atoms with Crippen molar-refractivity contribution >= 4 is 29.9 Å². The van der Waals surface area contributed by atoms with Crippen LogP contribution in [0.3, 0.4) is 0 Å². The van der Waals surface area contributed by atoms with E-state index >= 15 is 0 Å². The van der Waals surface area contributed by atoms with Gasteiger partial charge in [0.15, 0.2) is 11.8 Å². The minimum absolute atomic E-state index is 0. The van der Waals surface area contributed by atoms with Gasteiger partial charge in [-0.15, -0.1) is 34.2 Å². The minimum atomic E-state index is 0. The second-order valence-electron chi connectivity index (χ2n) is 8.48. The van der Waals surface area contributed by atoms with Gasteiger partial charge >= 0.3 is 0 Å². The van der Waals surface area contributed by atoms with E-state index in [1.54, 1.807) is 0 Å². The predicted octanol–water partition coefficient (Wildman–Crippen LogP) is 4.27. The molecule has 1 atom stereocenters. The first-order valence-electron chi connectivity index (χ1n) is 11.3. The molecule has 0 bridgehead atoms. The summed E-state index contributed by atoms with van der Waals surface area (Å²) in [4.78, 5) is 4.83. The summed E-state index contributed by atoms with van der Waals surface area (Å²) in [5.41, 5.74) is 1.19. The number of rotatable bonds is 7. The molecule has 0 radical (unpaired) electrons. The molecule has 2 N–H and O–H groups in total. The van der Waals surface area contributed by atoms with E-state index in [0.29, 0.717) is 13.2 Å². The van der Waals surface area contributed by atoms with Gasteiger partial charge in [-0.3, -0.25) is 0 Å². The number of nitrogens with zero attached hydrogens (tertiary/aromatic N) is 4. The molecule has 0 saturated heterocycles. The highest BCUT2D eigenvalue weighted by Crippen LogP contribution is 2.31. The number of guanidine groups is 1. The van der Waals surface area contributed by atoms with Crippen molar-refractivity contribution in [3.63, 3.8) is 0 Å². The smallest absolute Gasteiger partial charge is 0.192 e. The predicted molar refractivity (Wildman–Crippen MR) is 134 cm³/mol. The van der Waals surface area contributed by atoms with Gasteiger partial charge in [-0.25, -0.2) is 4.99 Å². The van der Waals surface area contributed by atoms with Crippen molar-refractivity contribution in [3.05, 3.63) is 41.5 Å². The zero-order chi connectivity index (χ0) is 20.8. The molecule has 1 aliphatic carbocycles. The topological polar surface area (TPSA) is 76.4 Å². The van der Waals surface area contributed by atoms with Crippen LogP contribution in [0.5, 0.6) is 5.75 Å². The number of aryl methyl sites for hydroxylation is 1. The number of aliphatic imine (C=N–C) groups is 1. The molecule has 31 heavy (non-hydrogen) atoms. The third-order valence-corrected chi connectivity index (χ3v) is 6.39. The number of halogens is 1. The Balaban J connectivity index is 0.00000272. The van der Waals surface area contributed by atoms with E-state index < -0.39 is 0 Å². The Morgan fingerprint density at radius 1 is 1.19 bits per heavy atom. The van der Waals surface area contributed by atoms with Crippen LogP contribution in [0.25, 0.3) is 0 Å². The standard InChI is InChI=1S/C23H34N6O.HI/c1-17-27-28-22(29(17)2)16-25-23(24-14-7-10-18-8-3-4-9-18)26-20-13-15-30-21-12-6-5-11-19(20)21;/h5-6,11-12,18,20H,3-4,7-10,13-16H2,1-2H3,(H2,24,25,26);1H. The maximum absolute atomic E-state index is 5.82. The number of nitrogens with one attached hydrogen (secondary N) is 2. The summed E-state index contributed by atoms with van der Waals surface area (Å²) in [7, 11) is 1.98. The summed E-state index contributed by atoms with van der Waals surface area (Å²) in [6, 6.07) is 8.45. The number of fused-ring (bicyclic) bond motifs is 1. The number of hydrogen-bond acceptors (Lipinski definition) is 4. The molecule has 1 saturated carbocycles. The first-order valence-corrected chi connectivity index (χ1v) is 11.3. The van der Waals surface area contributed by atoms with Gasteiger partial charge in [0, 0.05) is 25.6 Å². The van der Waals surface area contributed by atoms with Crippen molar-refractivity contribution in [2.75, 3.05) is 13.2 Å². The molecule has 2 aromatic rings. The molecule has 1 aromatic carbocycles. The van der Waals surface area contributed by atoms with Crippen LogP contribution in [0.1, 0.15) is 68.2 Å². The SMILES string of the molecule is Cc1nnc(CN=C(NCCCC2CCCC2)NC2CCOc3ccccc32)n1C.I. The molecule has 7 nitrogen and oxygen atoms in total. The normalized spacial score (nSPS) is 18.8. The fourth-order valence-electron chi connectivity index (χ4n) is 4.44. The van der Waals surface area contributed by atoms with E-state index in [2.05, 4.69) is 33.0 Å². The van der Waals surface area contributed by atoms with Crippen molar-refractivity contribution in [1.29, 1.82) is 0 Å². The quantitative estimate of drug-likeness (QED) is 0.238. The first-order chi connectivity index (χ1) is 14.7. The molecule has 8 heteroatoms. The van der Waals surface area contributed by atoms with Crippen LogP contribution in [0.2, 0.25) is 0 Å². The summed E-state index contributed by atoms with van der Waals surface area (Å²) in [5.74, 6) is 4.49. The van der Waals surface area contributed by atoms with Gasteiger partial charge in [0.05, 0.1) is 12.6 Å². The molecule has 170 valence electrons. The van der Waals surface area contributed by atoms with E-state index in [0.717, 1.165) is 42.2 Å². The Hall–Kier alpha value is -1.84. The minimum Gasteiger partial charge on any atom is -0.493 e. The van der Waals surface area contributed by atoms with Gasteiger partial charge in [-0.1, -0.05) is 43.9 Å². The summed E-state index contributed by atoms with van der Waals surface area (Å²) in [6.07, 6.45) is 9.04. The van der Waals surface area contributed by atoms with Gasteiger partial charge in [-0.2, -0.15) is 0 Å². The molecule has 1 aromatic heterocycles.